The number of aliphatic carboxylic acids is 1. The summed E-state index contributed by atoms with van der Waals surface area (Å²) in [5.74, 6) is -0.842. The Labute approximate surface area is 113 Å². The van der Waals surface area contributed by atoms with Crippen molar-refractivity contribution in [2.24, 2.45) is 5.92 Å². The maximum Gasteiger partial charge on any atom is 0.315 e. The van der Waals surface area contributed by atoms with Crippen LogP contribution in [0.4, 0.5) is 4.79 Å². The molecule has 1 saturated heterocycles. The van der Waals surface area contributed by atoms with Crippen molar-refractivity contribution in [3.63, 3.8) is 0 Å². The first-order valence-electron chi connectivity index (χ1n) is 6.72. The van der Waals surface area contributed by atoms with E-state index in [1.807, 2.05) is 20.8 Å². The molecule has 0 radical (unpaired) electrons. The van der Waals surface area contributed by atoms with E-state index in [4.69, 9.17) is 9.84 Å². The third-order valence-electron chi connectivity index (χ3n) is 3.44. The van der Waals surface area contributed by atoms with Gasteiger partial charge in [0.2, 0.25) is 0 Å². The monoisotopic (exact) mass is 272 g/mol. The molecule has 0 spiro atoms. The standard InChI is InChI=1S/C13H24N2O4/c1-9(2)10(7-11(16)17)15-12(18)14-8-13(3)5-4-6-19-13/h9-10H,4-8H2,1-3H3,(H,16,17)(H2,14,15,18). The Morgan fingerprint density at radius 2 is 2.11 bits per heavy atom. The van der Waals surface area contributed by atoms with E-state index in [2.05, 4.69) is 10.6 Å². The summed E-state index contributed by atoms with van der Waals surface area (Å²) < 4.78 is 5.57. The van der Waals surface area contributed by atoms with E-state index in [-0.39, 0.29) is 30.0 Å². The lowest BCUT2D eigenvalue weighted by Crippen LogP contribution is -2.49. The maximum absolute atomic E-state index is 11.8. The van der Waals surface area contributed by atoms with E-state index in [0.717, 1.165) is 19.4 Å². The highest BCUT2D eigenvalue weighted by molar-refractivity contribution is 5.75. The lowest BCUT2D eigenvalue weighted by atomic mass is 10.0. The molecule has 1 fully saturated rings. The van der Waals surface area contributed by atoms with Crippen LogP contribution >= 0.6 is 0 Å². The molecule has 0 bridgehead atoms. The number of urea groups is 1. The van der Waals surface area contributed by atoms with Crippen LogP contribution in [0.25, 0.3) is 0 Å². The molecule has 0 aromatic heterocycles. The summed E-state index contributed by atoms with van der Waals surface area (Å²) in [7, 11) is 0. The first-order chi connectivity index (χ1) is 8.82. The van der Waals surface area contributed by atoms with Crippen LogP contribution in [0.3, 0.4) is 0 Å². The van der Waals surface area contributed by atoms with Gasteiger partial charge in [0.25, 0.3) is 0 Å². The average Bonchev–Trinajstić information content (AvgIpc) is 2.73. The predicted octanol–water partition coefficient (Wildman–Crippen LogP) is 1.35. The summed E-state index contributed by atoms with van der Waals surface area (Å²) in [4.78, 5) is 22.5. The van der Waals surface area contributed by atoms with Crippen LogP contribution in [0.15, 0.2) is 0 Å². The second-order valence-corrected chi connectivity index (χ2v) is 5.68. The summed E-state index contributed by atoms with van der Waals surface area (Å²) in [6.07, 6.45) is 1.86. The van der Waals surface area contributed by atoms with Gasteiger partial charge in [-0.3, -0.25) is 4.79 Å². The molecule has 0 aliphatic carbocycles. The molecule has 2 unspecified atom stereocenters. The van der Waals surface area contributed by atoms with Crippen LogP contribution in [0, 0.1) is 5.92 Å². The topological polar surface area (TPSA) is 87.7 Å². The van der Waals surface area contributed by atoms with Crippen molar-refractivity contribution in [2.75, 3.05) is 13.2 Å². The second kappa shape index (κ2) is 6.75. The summed E-state index contributed by atoms with van der Waals surface area (Å²) in [6.45, 7) is 6.91. The van der Waals surface area contributed by atoms with Gasteiger partial charge in [0.15, 0.2) is 0 Å². The number of carbonyl (C=O) groups is 2. The van der Waals surface area contributed by atoms with Crippen molar-refractivity contribution >= 4 is 12.0 Å². The zero-order valence-electron chi connectivity index (χ0n) is 11.9. The number of ether oxygens (including phenoxy) is 1. The van der Waals surface area contributed by atoms with Gasteiger partial charge in [-0.25, -0.2) is 4.79 Å². The van der Waals surface area contributed by atoms with Crippen molar-refractivity contribution < 1.29 is 19.4 Å². The Kier molecular flexibility index (Phi) is 5.60. The molecule has 2 amide bonds. The highest BCUT2D eigenvalue weighted by Crippen LogP contribution is 2.23. The Balaban J connectivity index is 2.37. The number of carboxylic acid groups (broad SMARTS) is 1. The largest absolute Gasteiger partial charge is 0.481 e. The third kappa shape index (κ3) is 5.46. The predicted molar refractivity (Wildman–Crippen MR) is 71.0 cm³/mol. The lowest BCUT2D eigenvalue weighted by Gasteiger charge is -2.25. The first-order valence-corrected chi connectivity index (χ1v) is 6.72. The molecule has 6 nitrogen and oxygen atoms in total. The van der Waals surface area contributed by atoms with Gasteiger partial charge in [0.1, 0.15) is 0 Å². The lowest BCUT2D eigenvalue weighted by molar-refractivity contribution is -0.137. The van der Waals surface area contributed by atoms with Crippen LogP contribution in [0.5, 0.6) is 0 Å². The van der Waals surface area contributed by atoms with Crippen molar-refractivity contribution in [1.29, 1.82) is 0 Å². The van der Waals surface area contributed by atoms with Gasteiger partial charge >= 0.3 is 12.0 Å². The van der Waals surface area contributed by atoms with E-state index >= 15 is 0 Å². The number of amides is 2. The van der Waals surface area contributed by atoms with E-state index in [9.17, 15) is 9.59 Å². The van der Waals surface area contributed by atoms with Crippen LogP contribution in [0.2, 0.25) is 0 Å². The highest BCUT2D eigenvalue weighted by atomic mass is 16.5. The van der Waals surface area contributed by atoms with Gasteiger partial charge < -0.3 is 20.5 Å². The number of carboxylic acids is 1. The van der Waals surface area contributed by atoms with Gasteiger partial charge in [-0.1, -0.05) is 13.8 Å². The quantitative estimate of drug-likeness (QED) is 0.681. The van der Waals surface area contributed by atoms with E-state index in [0.29, 0.717) is 6.54 Å². The van der Waals surface area contributed by atoms with Gasteiger partial charge in [0.05, 0.1) is 12.0 Å². The molecule has 3 N–H and O–H groups in total. The minimum atomic E-state index is -0.912. The van der Waals surface area contributed by atoms with E-state index in [1.54, 1.807) is 0 Å². The fourth-order valence-corrected chi connectivity index (χ4v) is 2.10. The van der Waals surface area contributed by atoms with E-state index < -0.39 is 5.97 Å². The fraction of sp³-hybridized carbons (Fsp3) is 0.846. The molecule has 1 rings (SSSR count). The molecular weight excluding hydrogens is 248 g/mol. The SMILES string of the molecule is CC(C)C(CC(=O)O)NC(=O)NCC1(C)CCCO1. The van der Waals surface area contributed by atoms with Crippen LogP contribution in [-0.4, -0.2) is 41.9 Å². The second-order valence-electron chi connectivity index (χ2n) is 5.68. The molecule has 0 aromatic rings. The number of hydrogen-bond acceptors (Lipinski definition) is 3. The summed E-state index contributed by atoms with van der Waals surface area (Å²) in [6, 6.07) is -0.702. The van der Waals surface area contributed by atoms with Crippen molar-refractivity contribution in [3.05, 3.63) is 0 Å². The number of hydrogen-bond donors (Lipinski definition) is 3. The van der Waals surface area contributed by atoms with Crippen molar-refractivity contribution in [1.82, 2.24) is 10.6 Å². The Morgan fingerprint density at radius 1 is 1.42 bits per heavy atom. The molecular formula is C13H24N2O4. The molecule has 6 heteroatoms. The molecule has 1 heterocycles. The third-order valence-corrected chi connectivity index (χ3v) is 3.44. The Bertz CT molecular complexity index is 325. The summed E-state index contributed by atoms with van der Waals surface area (Å²) in [5, 5.41) is 14.3. The molecule has 0 saturated carbocycles. The fourth-order valence-electron chi connectivity index (χ4n) is 2.10. The molecule has 0 aromatic carbocycles. The maximum atomic E-state index is 11.8. The molecule has 110 valence electrons. The van der Waals surface area contributed by atoms with Crippen molar-refractivity contribution in [2.45, 2.75) is 51.7 Å². The zero-order chi connectivity index (χ0) is 14.5. The van der Waals surface area contributed by atoms with Gasteiger partial charge in [-0.05, 0) is 25.7 Å². The Morgan fingerprint density at radius 3 is 2.58 bits per heavy atom. The zero-order valence-corrected chi connectivity index (χ0v) is 11.9. The number of carbonyl (C=O) groups excluding carboxylic acids is 1. The van der Waals surface area contributed by atoms with Crippen LogP contribution < -0.4 is 10.6 Å². The molecule has 1 aliphatic heterocycles. The first kappa shape index (κ1) is 15.8. The minimum absolute atomic E-state index is 0.0696. The van der Waals surface area contributed by atoms with Gasteiger partial charge in [-0.2, -0.15) is 0 Å². The summed E-state index contributed by atoms with van der Waals surface area (Å²) >= 11 is 0. The highest BCUT2D eigenvalue weighted by Gasteiger charge is 2.30. The molecule has 1 aliphatic rings. The Hall–Kier alpha value is -1.30. The normalized spacial score (nSPS) is 24.2. The minimum Gasteiger partial charge on any atom is -0.481 e. The van der Waals surface area contributed by atoms with Crippen LogP contribution in [0.1, 0.15) is 40.0 Å². The van der Waals surface area contributed by atoms with Gasteiger partial charge in [0, 0.05) is 19.2 Å². The summed E-state index contributed by atoms with van der Waals surface area (Å²) in [5.41, 5.74) is -0.294. The average molecular weight is 272 g/mol. The van der Waals surface area contributed by atoms with Crippen molar-refractivity contribution in [3.8, 4) is 0 Å². The van der Waals surface area contributed by atoms with Gasteiger partial charge in [-0.15, -0.1) is 0 Å². The van der Waals surface area contributed by atoms with E-state index in [1.165, 1.54) is 0 Å². The van der Waals surface area contributed by atoms with Crippen LogP contribution in [-0.2, 0) is 9.53 Å². The molecule has 2 atom stereocenters. The molecule has 19 heavy (non-hydrogen) atoms. The number of rotatable bonds is 6. The number of nitrogens with one attached hydrogen (secondary N) is 2. The smallest absolute Gasteiger partial charge is 0.315 e.